The number of hydrogen-bond donors (Lipinski definition) is 1. The van der Waals surface area contributed by atoms with Crippen molar-refractivity contribution in [2.24, 2.45) is 0 Å². The quantitative estimate of drug-likeness (QED) is 0.827. The van der Waals surface area contributed by atoms with E-state index in [1.54, 1.807) is 24.3 Å². The van der Waals surface area contributed by atoms with E-state index in [0.717, 1.165) is 0 Å². The lowest BCUT2D eigenvalue weighted by atomic mass is 10.0. The molecule has 1 N–H and O–H groups in total. The first-order valence-electron chi connectivity index (χ1n) is 6.85. The van der Waals surface area contributed by atoms with Crippen molar-refractivity contribution in [1.29, 1.82) is 0 Å². The Labute approximate surface area is 101 Å². The van der Waals surface area contributed by atoms with Gasteiger partial charge in [0.25, 0.3) is 0 Å². The summed E-state index contributed by atoms with van der Waals surface area (Å²) >= 11 is 5.97. The van der Waals surface area contributed by atoms with Crippen LogP contribution in [0.1, 0.15) is 24.1 Å². The van der Waals surface area contributed by atoms with E-state index in [4.69, 9.17) is 18.5 Å². The molecule has 0 aliphatic rings. The molecule has 1 nitrogen and oxygen atoms in total. The minimum absolute atomic E-state index is 0.177. The van der Waals surface area contributed by atoms with Crippen LogP contribution < -0.4 is 0 Å². The van der Waals surface area contributed by atoms with Gasteiger partial charge in [0.15, 0.2) is 0 Å². The fourth-order valence-corrected chi connectivity index (χ4v) is 1.49. The fourth-order valence-electron chi connectivity index (χ4n) is 1.25. The molecule has 0 bridgehead atoms. The third-order valence-corrected chi connectivity index (χ3v) is 2.34. The van der Waals surface area contributed by atoms with Crippen LogP contribution in [-0.2, 0) is 0 Å². The van der Waals surface area contributed by atoms with Crippen molar-refractivity contribution in [2.45, 2.75) is 6.10 Å². The Bertz CT molecular complexity index is 645. The molecule has 0 saturated carbocycles. The zero-order valence-corrected chi connectivity index (χ0v) is 8.47. The Morgan fingerprint density at radius 3 is 2.47 bits per heavy atom. The number of halogens is 1. The Hall–Kier alpha value is -1.31. The van der Waals surface area contributed by atoms with E-state index in [1.165, 1.54) is 0 Å². The van der Waals surface area contributed by atoms with Gasteiger partial charge in [0.1, 0.15) is 6.10 Å². The maximum atomic E-state index is 10.3. The van der Waals surface area contributed by atoms with Crippen molar-refractivity contribution in [2.75, 3.05) is 0 Å². The minimum Gasteiger partial charge on any atom is -0.384 e. The summed E-state index contributed by atoms with van der Waals surface area (Å²) in [5, 5.41) is 10.6. The van der Waals surface area contributed by atoms with E-state index in [1.807, 2.05) is 0 Å². The third-order valence-electron chi connectivity index (χ3n) is 1.99. The van der Waals surface area contributed by atoms with Crippen molar-refractivity contribution in [3.05, 3.63) is 70.6 Å². The summed E-state index contributed by atoms with van der Waals surface area (Å²) in [5.74, 6) is 0. The summed E-state index contributed by atoms with van der Waals surface area (Å²) < 4.78 is 38.3. The summed E-state index contributed by atoms with van der Waals surface area (Å²) in [4.78, 5) is 0. The van der Waals surface area contributed by atoms with Gasteiger partial charge >= 0.3 is 0 Å². The monoisotopic (exact) mass is 223 g/mol. The summed E-state index contributed by atoms with van der Waals surface area (Å²) in [6.07, 6.45) is -1.38. The molecular formula is C13H11ClO. The SMILES string of the molecule is [2H]c1c([2H])c([2H])c(C(O)c2ccccc2Cl)c([2H])c1[2H]. The van der Waals surface area contributed by atoms with E-state index in [2.05, 4.69) is 0 Å². The largest absolute Gasteiger partial charge is 0.384 e. The zero-order chi connectivity index (χ0) is 15.0. The molecule has 0 heterocycles. The summed E-state index contributed by atoms with van der Waals surface area (Å²) in [5.41, 5.74) is 0.122. The van der Waals surface area contributed by atoms with Crippen LogP contribution in [0.25, 0.3) is 0 Å². The molecule has 2 aromatic rings. The van der Waals surface area contributed by atoms with Crippen LogP contribution in [0.15, 0.2) is 54.5 Å². The Kier molecular flexibility index (Phi) is 1.70. The first kappa shape index (κ1) is 5.69. The lowest BCUT2D eigenvalue weighted by molar-refractivity contribution is 0.220. The van der Waals surface area contributed by atoms with Crippen molar-refractivity contribution in [1.82, 2.24) is 0 Å². The van der Waals surface area contributed by atoms with Gasteiger partial charge in [-0.1, -0.05) is 60.0 Å². The maximum Gasteiger partial charge on any atom is 0.105 e. The topological polar surface area (TPSA) is 20.2 Å². The highest BCUT2D eigenvalue weighted by atomic mass is 35.5. The van der Waals surface area contributed by atoms with Gasteiger partial charge in [0, 0.05) is 10.6 Å². The molecule has 0 aromatic heterocycles. The average Bonchev–Trinajstić information content (AvgIpc) is 2.43. The number of aliphatic hydroxyl groups excluding tert-OH is 1. The molecule has 76 valence electrons. The molecule has 15 heavy (non-hydrogen) atoms. The van der Waals surface area contributed by atoms with Crippen LogP contribution in [0, 0.1) is 0 Å². The zero-order valence-electron chi connectivity index (χ0n) is 12.7. The molecular weight excluding hydrogens is 208 g/mol. The van der Waals surface area contributed by atoms with Gasteiger partial charge in [-0.05, 0) is 11.6 Å². The van der Waals surface area contributed by atoms with Gasteiger partial charge in [-0.3, -0.25) is 0 Å². The van der Waals surface area contributed by atoms with Crippen LogP contribution in [0.2, 0.25) is 5.02 Å². The van der Waals surface area contributed by atoms with Crippen molar-refractivity contribution < 1.29 is 12.0 Å². The molecule has 0 saturated heterocycles. The van der Waals surface area contributed by atoms with Crippen molar-refractivity contribution in [3.8, 4) is 0 Å². The minimum atomic E-state index is -1.38. The van der Waals surface area contributed by atoms with Crippen LogP contribution in [0.4, 0.5) is 0 Å². The molecule has 0 radical (unpaired) electrons. The van der Waals surface area contributed by atoms with Gasteiger partial charge in [0.05, 0.1) is 6.85 Å². The molecule has 0 spiro atoms. The van der Waals surface area contributed by atoms with E-state index >= 15 is 0 Å². The maximum absolute atomic E-state index is 10.3. The average molecular weight is 224 g/mol. The predicted octanol–water partition coefficient (Wildman–Crippen LogP) is 3.42. The van der Waals surface area contributed by atoms with Gasteiger partial charge in [-0.25, -0.2) is 0 Å². The van der Waals surface area contributed by atoms with E-state index in [-0.39, 0.29) is 10.6 Å². The van der Waals surface area contributed by atoms with Crippen LogP contribution >= 0.6 is 11.6 Å². The second-order valence-electron chi connectivity index (χ2n) is 2.96. The molecule has 2 heteroatoms. The summed E-state index contributed by atoms with van der Waals surface area (Å²) in [7, 11) is 0. The summed E-state index contributed by atoms with van der Waals surface area (Å²) in [6.45, 7) is 0. The van der Waals surface area contributed by atoms with Crippen LogP contribution in [0.3, 0.4) is 0 Å². The Morgan fingerprint density at radius 2 is 1.80 bits per heavy atom. The molecule has 2 rings (SSSR count). The third kappa shape index (κ3) is 2.20. The van der Waals surface area contributed by atoms with E-state index in [9.17, 15) is 5.11 Å². The van der Waals surface area contributed by atoms with Crippen LogP contribution in [0.5, 0.6) is 0 Å². The molecule has 0 amide bonds. The first-order chi connectivity index (χ1) is 9.36. The number of hydrogen-bond acceptors (Lipinski definition) is 1. The molecule has 0 aliphatic carbocycles. The van der Waals surface area contributed by atoms with Crippen molar-refractivity contribution in [3.63, 3.8) is 0 Å². The van der Waals surface area contributed by atoms with Gasteiger partial charge in [-0.15, -0.1) is 0 Å². The Balaban J connectivity index is 2.68. The number of aliphatic hydroxyl groups is 1. The highest BCUT2D eigenvalue weighted by Crippen LogP contribution is 2.27. The van der Waals surface area contributed by atoms with Gasteiger partial charge in [-0.2, -0.15) is 0 Å². The van der Waals surface area contributed by atoms with Crippen molar-refractivity contribution >= 4 is 11.6 Å². The molecule has 1 unspecified atom stereocenters. The fraction of sp³-hybridized carbons (Fsp3) is 0.0769. The molecule has 1 atom stereocenters. The highest BCUT2D eigenvalue weighted by Gasteiger charge is 2.12. The second kappa shape index (κ2) is 4.47. The number of rotatable bonds is 2. The molecule has 0 aliphatic heterocycles. The molecule has 0 fully saturated rings. The van der Waals surface area contributed by atoms with E-state index < -0.39 is 36.3 Å². The predicted molar refractivity (Wildman–Crippen MR) is 62.0 cm³/mol. The van der Waals surface area contributed by atoms with Crippen LogP contribution in [-0.4, -0.2) is 5.11 Å². The molecule has 2 aromatic carbocycles. The Morgan fingerprint density at radius 1 is 1.13 bits per heavy atom. The standard InChI is InChI=1S/C13H11ClO/c14-12-9-5-4-8-11(12)13(15)10-6-2-1-3-7-10/h1-9,13,15H/i1D,2D,3D,6D,7D. The van der Waals surface area contributed by atoms with E-state index in [0.29, 0.717) is 5.56 Å². The first-order valence-corrected chi connectivity index (χ1v) is 4.73. The second-order valence-corrected chi connectivity index (χ2v) is 3.37. The van der Waals surface area contributed by atoms with Gasteiger partial charge < -0.3 is 5.11 Å². The lowest BCUT2D eigenvalue weighted by Gasteiger charge is -2.12. The summed E-state index contributed by atoms with van der Waals surface area (Å²) in [6, 6.07) is 4.14. The number of benzene rings is 2. The van der Waals surface area contributed by atoms with Gasteiger partial charge in [0.2, 0.25) is 0 Å². The lowest BCUT2D eigenvalue weighted by Crippen LogP contribution is -1.99. The normalized spacial score (nSPS) is 17.1. The smallest absolute Gasteiger partial charge is 0.105 e. The highest BCUT2D eigenvalue weighted by molar-refractivity contribution is 6.31.